The van der Waals surface area contributed by atoms with Crippen molar-refractivity contribution in [1.82, 2.24) is 0 Å². The predicted octanol–water partition coefficient (Wildman–Crippen LogP) is 4.05. The van der Waals surface area contributed by atoms with Gasteiger partial charge in [-0.2, -0.15) is 0 Å². The lowest BCUT2D eigenvalue weighted by Crippen LogP contribution is -2.29. The van der Waals surface area contributed by atoms with Gasteiger partial charge < -0.3 is 10.0 Å². The van der Waals surface area contributed by atoms with Crippen molar-refractivity contribution in [3.63, 3.8) is 0 Å². The van der Waals surface area contributed by atoms with Crippen molar-refractivity contribution in [3.05, 3.63) is 64.2 Å². The highest BCUT2D eigenvalue weighted by atomic mass is 35.5. The van der Waals surface area contributed by atoms with E-state index in [0.717, 1.165) is 16.8 Å². The second kappa shape index (κ2) is 6.64. The molecule has 2 rings (SSSR count). The second-order valence-corrected chi connectivity index (χ2v) is 5.60. The molecule has 2 aromatic rings. The normalized spacial score (nSPS) is 10.4. The number of hydrogen-bond donors (Lipinski definition) is 1. The molecule has 0 atom stereocenters. The summed E-state index contributed by atoms with van der Waals surface area (Å²) in [6.45, 7) is 4.56. The largest absolute Gasteiger partial charge is 0.480 e. The maximum Gasteiger partial charge on any atom is 0.323 e. The average molecular weight is 304 g/mol. The number of carboxylic acid groups (broad SMARTS) is 1. The molecule has 2 aromatic carbocycles. The molecule has 4 heteroatoms. The first kappa shape index (κ1) is 15.4. The number of carbonyl (C=O) groups is 1. The number of nitrogens with zero attached hydrogens (tertiary/aromatic N) is 1. The predicted molar refractivity (Wildman–Crippen MR) is 86.1 cm³/mol. The van der Waals surface area contributed by atoms with Crippen molar-refractivity contribution in [3.8, 4) is 0 Å². The van der Waals surface area contributed by atoms with E-state index in [4.69, 9.17) is 16.7 Å². The Morgan fingerprint density at radius 1 is 1.19 bits per heavy atom. The van der Waals surface area contributed by atoms with Crippen LogP contribution in [0.25, 0.3) is 0 Å². The SMILES string of the molecule is Cc1ccc(CN(CC(=O)O)c2cccc(Cl)c2)c(C)c1. The van der Waals surface area contributed by atoms with Gasteiger partial charge in [0.1, 0.15) is 6.54 Å². The van der Waals surface area contributed by atoms with Crippen molar-refractivity contribution in [2.75, 3.05) is 11.4 Å². The fourth-order valence-corrected chi connectivity index (χ4v) is 2.49. The molecular formula is C17H18ClNO2. The van der Waals surface area contributed by atoms with E-state index in [1.54, 1.807) is 12.1 Å². The fourth-order valence-electron chi connectivity index (χ4n) is 2.30. The number of benzene rings is 2. The Hall–Kier alpha value is -2.00. The Bertz CT molecular complexity index is 655. The summed E-state index contributed by atoms with van der Waals surface area (Å²) in [4.78, 5) is 12.9. The summed E-state index contributed by atoms with van der Waals surface area (Å²) >= 11 is 6.01. The van der Waals surface area contributed by atoms with E-state index in [9.17, 15) is 4.79 Å². The molecule has 110 valence electrons. The maximum atomic E-state index is 11.1. The molecule has 0 aliphatic heterocycles. The second-order valence-electron chi connectivity index (χ2n) is 5.16. The van der Waals surface area contributed by atoms with Gasteiger partial charge in [-0.1, -0.05) is 41.4 Å². The first-order valence-electron chi connectivity index (χ1n) is 6.74. The molecule has 0 spiro atoms. The molecule has 0 unspecified atom stereocenters. The third kappa shape index (κ3) is 4.23. The number of hydrogen-bond acceptors (Lipinski definition) is 2. The molecule has 21 heavy (non-hydrogen) atoms. The summed E-state index contributed by atoms with van der Waals surface area (Å²) in [6, 6.07) is 13.5. The van der Waals surface area contributed by atoms with Gasteiger partial charge in [0.05, 0.1) is 0 Å². The number of anilines is 1. The summed E-state index contributed by atoms with van der Waals surface area (Å²) in [5, 5.41) is 9.73. The van der Waals surface area contributed by atoms with E-state index >= 15 is 0 Å². The zero-order chi connectivity index (χ0) is 15.4. The van der Waals surface area contributed by atoms with E-state index in [1.165, 1.54) is 5.56 Å². The quantitative estimate of drug-likeness (QED) is 0.906. The molecule has 0 aliphatic carbocycles. The van der Waals surface area contributed by atoms with Crippen LogP contribution in [-0.2, 0) is 11.3 Å². The van der Waals surface area contributed by atoms with Gasteiger partial charge in [-0.15, -0.1) is 0 Å². The summed E-state index contributed by atoms with van der Waals surface area (Å²) in [5.41, 5.74) is 4.28. The van der Waals surface area contributed by atoms with Gasteiger partial charge in [-0.25, -0.2) is 0 Å². The molecule has 0 aromatic heterocycles. The summed E-state index contributed by atoms with van der Waals surface area (Å²) < 4.78 is 0. The van der Waals surface area contributed by atoms with Crippen molar-refractivity contribution in [2.24, 2.45) is 0 Å². The Labute approximate surface area is 129 Å². The average Bonchev–Trinajstić information content (AvgIpc) is 2.40. The molecule has 0 saturated carbocycles. The van der Waals surface area contributed by atoms with E-state index in [0.29, 0.717) is 11.6 Å². The minimum Gasteiger partial charge on any atom is -0.480 e. The van der Waals surface area contributed by atoms with Gasteiger partial charge in [-0.3, -0.25) is 4.79 Å². The van der Waals surface area contributed by atoms with Crippen LogP contribution in [0.15, 0.2) is 42.5 Å². The smallest absolute Gasteiger partial charge is 0.323 e. The molecular weight excluding hydrogens is 286 g/mol. The van der Waals surface area contributed by atoms with E-state index in [1.807, 2.05) is 43.0 Å². The monoisotopic (exact) mass is 303 g/mol. The number of aryl methyl sites for hydroxylation is 2. The zero-order valence-electron chi connectivity index (χ0n) is 12.1. The van der Waals surface area contributed by atoms with Crippen molar-refractivity contribution in [2.45, 2.75) is 20.4 Å². The van der Waals surface area contributed by atoms with Gasteiger partial charge >= 0.3 is 5.97 Å². The lowest BCUT2D eigenvalue weighted by Gasteiger charge is -2.24. The number of aliphatic carboxylic acids is 1. The van der Waals surface area contributed by atoms with Crippen LogP contribution in [0.1, 0.15) is 16.7 Å². The number of carboxylic acids is 1. The molecule has 0 bridgehead atoms. The number of rotatable bonds is 5. The van der Waals surface area contributed by atoms with Gasteiger partial charge in [0.15, 0.2) is 0 Å². The molecule has 0 aliphatic rings. The minimum atomic E-state index is -0.861. The molecule has 0 fully saturated rings. The highest BCUT2D eigenvalue weighted by molar-refractivity contribution is 6.30. The van der Waals surface area contributed by atoms with E-state index in [-0.39, 0.29) is 6.54 Å². The topological polar surface area (TPSA) is 40.5 Å². The van der Waals surface area contributed by atoms with E-state index in [2.05, 4.69) is 6.07 Å². The highest BCUT2D eigenvalue weighted by Crippen LogP contribution is 2.22. The molecule has 1 N–H and O–H groups in total. The zero-order valence-corrected chi connectivity index (χ0v) is 12.9. The van der Waals surface area contributed by atoms with Gasteiger partial charge in [-0.05, 0) is 43.2 Å². The van der Waals surface area contributed by atoms with Crippen molar-refractivity contribution < 1.29 is 9.90 Å². The molecule has 0 heterocycles. The summed E-state index contributed by atoms with van der Waals surface area (Å²) in [5.74, 6) is -0.861. The third-order valence-electron chi connectivity index (χ3n) is 3.36. The van der Waals surface area contributed by atoms with E-state index < -0.39 is 5.97 Å². The van der Waals surface area contributed by atoms with Gasteiger partial charge in [0.25, 0.3) is 0 Å². The van der Waals surface area contributed by atoms with Crippen LogP contribution in [0, 0.1) is 13.8 Å². The first-order chi connectivity index (χ1) is 9.95. The highest BCUT2D eigenvalue weighted by Gasteiger charge is 2.13. The van der Waals surface area contributed by atoms with Crippen molar-refractivity contribution in [1.29, 1.82) is 0 Å². The van der Waals surface area contributed by atoms with Crippen LogP contribution in [0.2, 0.25) is 5.02 Å². The van der Waals surface area contributed by atoms with Gasteiger partial charge in [0.2, 0.25) is 0 Å². The fraction of sp³-hybridized carbons (Fsp3) is 0.235. The number of halogens is 1. The molecule has 0 saturated heterocycles. The Morgan fingerprint density at radius 3 is 2.57 bits per heavy atom. The summed E-state index contributed by atoms with van der Waals surface area (Å²) in [6.07, 6.45) is 0. The van der Waals surface area contributed by atoms with Crippen molar-refractivity contribution >= 4 is 23.3 Å². The molecule has 0 amide bonds. The van der Waals surface area contributed by atoms with Gasteiger partial charge in [0, 0.05) is 17.3 Å². The van der Waals surface area contributed by atoms with Crippen LogP contribution in [-0.4, -0.2) is 17.6 Å². The first-order valence-corrected chi connectivity index (χ1v) is 7.12. The lowest BCUT2D eigenvalue weighted by molar-refractivity contribution is -0.135. The maximum absolute atomic E-state index is 11.1. The van der Waals surface area contributed by atoms with Crippen LogP contribution in [0.4, 0.5) is 5.69 Å². The Balaban J connectivity index is 2.30. The minimum absolute atomic E-state index is 0.0618. The summed E-state index contributed by atoms with van der Waals surface area (Å²) in [7, 11) is 0. The molecule has 0 radical (unpaired) electrons. The Morgan fingerprint density at radius 2 is 1.95 bits per heavy atom. The van der Waals surface area contributed by atoms with Crippen LogP contribution in [0.5, 0.6) is 0 Å². The lowest BCUT2D eigenvalue weighted by atomic mass is 10.0. The standard InChI is InChI=1S/C17H18ClNO2/c1-12-6-7-14(13(2)8-12)10-19(11-17(20)21)16-5-3-4-15(18)9-16/h3-9H,10-11H2,1-2H3,(H,20,21). The third-order valence-corrected chi connectivity index (χ3v) is 3.59. The van der Waals surface area contributed by atoms with Crippen LogP contribution < -0.4 is 4.90 Å². The Kier molecular flexibility index (Phi) is 4.86. The van der Waals surface area contributed by atoms with Crippen LogP contribution in [0.3, 0.4) is 0 Å². The molecule has 3 nitrogen and oxygen atoms in total. The van der Waals surface area contributed by atoms with Crippen LogP contribution >= 0.6 is 11.6 Å².